The van der Waals surface area contributed by atoms with Crippen LogP contribution in [0.15, 0.2) is 30.3 Å². The summed E-state index contributed by atoms with van der Waals surface area (Å²) in [5.74, 6) is -3.75. The molecule has 2 aromatic carbocycles. The molecule has 2 aromatic rings. The molecular formula is C24H32F3N3O4. The molecule has 34 heavy (non-hydrogen) atoms. The van der Waals surface area contributed by atoms with Gasteiger partial charge in [-0.05, 0) is 36.8 Å². The summed E-state index contributed by atoms with van der Waals surface area (Å²) in [5.41, 5.74) is -1.26. The summed E-state index contributed by atoms with van der Waals surface area (Å²) < 4.78 is 52.8. The molecule has 0 spiro atoms. The highest BCUT2D eigenvalue weighted by Crippen LogP contribution is 2.31. The average molecular weight is 484 g/mol. The molecule has 0 radical (unpaired) electrons. The first-order valence-corrected chi connectivity index (χ1v) is 11.0. The van der Waals surface area contributed by atoms with Crippen LogP contribution in [0.5, 0.6) is 0 Å². The number of rotatable bonds is 9. The molecule has 1 aliphatic rings. The summed E-state index contributed by atoms with van der Waals surface area (Å²) in [7, 11) is 2.98. The molecule has 3 N–H and O–H groups in total. The van der Waals surface area contributed by atoms with Crippen molar-refractivity contribution in [2.45, 2.75) is 32.7 Å². The van der Waals surface area contributed by atoms with Gasteiger partial charge >= 0.3 is 0 Å². The average Bonchev–Trinajstić information content (AvgIpc) is 2.80. The van der Waals surface area contributed by atoms with E-state index in [2.05, 4.69) is 10.6 Å². The quantitative estimate of drug-likeness (QED) is 0.473. The molecule has 7 nitrogen and oxygen atoms in total. The normalized spacial score (nSPS) is 14.4. The smallest absolute Gasteiger partial charge is 0.256 e. The molecular weight excluding hydrogens is 451 g/mol. The van der Waals surface area contributed by atoms with Gasteiger partial charge in [0, 0.05) is 27.3 Å². The lowest BCUT2D eigenvalue weighted by molar-refractivity contribution is -0.108. The van der Waals surface area contributed by atoms with Crippen LogP contribution in [-0.2, 0) is 9.47 Å². The fraction of sp³-hybridized carbons (Fsp3) is 0.458. The maximum absolute atomic E-state index is 14.6. The first-order chi connectivity index (χ1) is 16.2. The third-order valence-electron chi connectivity index (χ3n) is 5.26. The van der Waals surface area contributed by atoms with Crippen LogP contribution in [0.25, 0.3) is 0 Å². The van der Waals surface area contributed by atoms with Crippen molar-refractivity contribution in [2.75, 3.05) is 45.7 Å². The Hall–Kier alpha value is -2.66. The minimum absolute atomic E-state index is 0.0131. The van der Waals surface area contributed by atoms with E-state index in [1.807, 2.05) is 13.8 Å². The summed E-state index contributed by atoms with van der Waals surface area (Å²) in [4.78, 5) is 14.2. The molecule has 1 fully saturated rings. The van der Waals surface area contributed by atoms with Crippen LogP contribution < -0.4 is 10.6 Å². The minimum Gasteiger partial charge on any atom is -0.385 e. The van der Waals surface area contributed by atoms with E-state index in [0.29, 0.717) is 12.1 Å². The second-order valence-electron chi connectivity index (χ2n) is 7.81. The zero-order valence-corrected chi connectivity index (χ0v) is 20.0. The van der Waals surface area contributed by atoms with Crippen LogP contribution in [0.3, 0.4) is 0 Å². The highest BCUT2D eigenvalue weighted by molar-refractivity contribution is 6.01. The van der Waals surface area contributed by atoms with Crippen LogP contribution in [-0.4, -0.2) is 68.2 Å². The number of nitrogens with one attached hydrogen (secondary N) is 2. The van der Waals surface area contributed by atoms with Crippen LogP contribution in [0, 0.1) is 24.4 Å². The molecule has 0 aromatic heterocycles. The molecule has 0 bridgehead atoms. The number of β-amino-alcohol motifs (C(OH)–C–C–N with tert-alkyl or cyclic N) is 1. The van der Waals surface area contributed by atoms with Gasteiger partial charge in [0.25, 0.3) is 5.91 Å². The van der Waals surface area contributed by atoms with Crippen molar-refractivity contribution in [1.29, 1.82) is 0 Å². The van der Waals surface area contributed by atoms with Crippen molar-refractivity contribution in [2.24, 2.45) is 0 Å². The lowest BCUT2D eigenvalue weighted by atomic mass is 9.92. The topological polar surface area (TPSA) is 83.1 Å². The Balaban J connectivity index is 0.00000199. The fourth-order valence-corrected chi connectivity index (χ4v) is 3.48. The first-order valence-electron chi connectivity index (χ1n) is 11.0. The Morgan fingerprint density at radius 1 is 1.12 bits per heavy atom. The van der Waals surface area contributed by atoms with Gasteiger partial charge in [-0.1, -0.05) is 19.9 Å². The van der Waals surface area contributed by atoms with Gasteiger partial charge in [0.1, 0.15) is 11.4 Å². The minimum atomic E-state index is -1.29. The molecule has 1 aliphatic heterocycles. The van der Waals surface area contributed by atoms with E-state index in [4.69, 9.17) is 9.47 Å². The maximum Gasteiger partial charge on any atom is 0.256 e. The van der Waals surface area contributed by atoms with Crippen molar-refractivity contribution in [3.8, 4) is 0 Å². The van der Waals surface area contributed by atoms with Crippen LogP contribution in [0.1, 0.15) is 29.8 Å². The highest BCUT2D eigenvalue weighted by Gasteiger charge is 2.44. The van der Waals surface area contributed by atoms with E-state index in [-0.39, 0.29) is 30.9 Å². The van der Waals surface area contributed by atoms with Crippen molar-refractivity contribution in [3.63, 3.8) is 0 Å². The van der Waals surface area contributed by atoms with Crippen molar-refractivity contribution in [3.05, 3.63) is 58.9 Å². The zero-order chi connectivity index (χ0) is 25.5. The molecule has 0 unspecified atom stereocenters. The van der Waals surface area contributed by atoms with Gasteiger partial charge in [-0.3, -0.25) is 4.79 Å². The molecule has 0 saturated carbocycles. The second kappa shape index (κ2) is 12.2. The molecule has 3 rings (SSSR count). The first kappa shape index (κ1) is 27.6. The van der Waals surface area contributed by atoms with Gasteiger partial charge in [0.2, 0.25) is 0 Å². The number of methoxy groups -OCH3 is 2. The molecule has 0 aliphatic carbocycles. The number of hydrogen-bond acceptors (Lipinski definition) is 6. The number of aryl methyl sites for hydroxylation is 1. The number of aliphatic hydroxyl groups is 1. The number of hydrogen-bond donors (Lipinski definition) is 3. The Labute approximate surface area is 197 Å². The third kappa shape index (κ3) is 6.47. The van der Waals surface area contributed by atoms with Crippen molar-refractivity contribution < 1.29 is 32.5 Å². The van der Waals surface area contributed by atoms with Crippen LogP contribution >= 0.6 is 0 Å². The monoisotopic (exact) mass is 483 g/mol. The number of anilines is 2. The number of amides is 1. The van der Waals surface area contributed by atoms with Crippen LogP contribution in [0.4, 0.5) is 24.5 Å². The van der Waals surface area contributed by atoms with E-state index < -0.39 is 40.9 Å². The Kier molecular flexibility index (Phi) is 9.87. The van der Waals surface area contributed by atoms with Gasteiger partial charge in [0.05, 0.1) is 30.0 Å². The second-order valence-corrected chi connectivity index (χ2v) is 7.81. The van der Waals surface area contributed by atoms with Gasteiger partial charge in [-0.25, -0.2) is 13.2 Å². The summed E-state index contributed by atoms with van der Waals surface area (Å²) in [6, 6.07) is 6.19. The van der Waals surface area contributed by atoms with Crippen molar-refractivity contribution >= 4 is 17.3 Å². The number of likely N-dealkylation sites (tertiary alicyclic amines) is 1. The SMILES string of the molecule is CC.COC(CNCC1(O)CN(C(=O)c2ccc(F)c(F)c2Nc2ccc(C)cc2F)C1)OC. The Morgan fingerprint density at radius 3 is 2.35 bits per heavy atom. The fourth-order valence-electron chi connectivity index (χ4n) is 3.48. The molecule has 1 amide bonds. The van der Waals surface area contributed by atoms with E-state index >= 15 is 0 Å². The molecule has 10 heteroatoms. The number of nitrogens with zero attached hydrogens (tertiary/aromatic N) is 1. The van der Waals surface area contributed by atoms with E-state index in [1.54, 1.807) is 13.0 Å². The number of carbonyl (C=O) groups is 1. The predicted molar refractivity (Wildman–Crippen MR) is 124 cm³/mol. The summed E-state index contributed by atoms with van der Waals surface area (Å²) in [5, 5.41) is 16.1. The van der Waals surface area contributed by atoms with Crippen molar-refractivity contribution in [1.82, 2.24) is 10.2 Å². The molecule has 1 saturated heterocycles. The third-order valence-corrected chi connectivity index (χ3v) is 5.26. The Bertz CT molecular complexity index is 980. The maximum atomic E-state index is 14.6. The van der Waals surface area contributed by atoms with Crippen LogP contribution in [0.2, 0.25) is 0 Å². The predicted octanol–water partition coefficient (Wildman–Crippen LogP) is 3.58. The van der Waals surface area contributed by atoms with E-state index in [0.717, 1.165) is 12.1 Å². The highest BCUT2D eigenvalue weighted by atomic mass is 19.2. The molecule has 1 heterocycles. The molecule has 188 valence electrons. The summed E-state index contributed by atoms with van der Waals surface area (Å²) >= 11 is 0. The van der Waals surface area contributed by atoms with E-state index in [1.165, 1.54) is 31.3 Å². The largest absolute Gasteiger partial charge is 0.385 e. The lowest BCUT2D eigenvalue weighted by Gasteiger charge is -2.46. The standard InChI is InChI=1S/C22H26F3N3O4.C2H6/c1-13-4-7-17(16(24)8-13)27-20-14(5-6-15(23)19(20)25)21(29)28-11-22(30,12-28)10-26-9-18(31-2)32-3;1-2/h4-8,18,26-27,30H,9-12H2,1-3H3;1-2H3. The van der Waals surface area contributed by atoms with Gasteiger partial charge in [0.15, 0.2) is 17.9 Å². The zero-order valence-electron chi connectivity index (χ0n) is 20.0. The van der Waals surface area contributed by atoms with Gasteiger partial charge < -0.3 is 30.1 Å². The Morgan fingerprint density at radius 2 is 1.76 bits per heavy atom. The summed E-state index contributed by atoms with van der Waals surface area (Å²) in [6.45, 7) is 6.18. The summed E-state index contributed by atoms with van der Waals surface area (Å²) in [6.07, 6.45) is -0.477. The van der Waals surface area contributed by atoms with Gasteiger partial charge in [-0.15, -0.1) is 0 Å². The van der Waals surface area contributed by atoms with Gasteiger partial charge in [-0.2, -0.15) is 0 Å². The molecule has 0 atom stereocenters. The number of ether oxygens (including phenoxy) is 2. The number of benzene rings is 2. The number of halogens is 3. The number of carbonyl (C=O) groups excluding carboxylic acids is 1. The van der Waals surface area contributed by atoms with E-state index in [9.17, 15) is 23.1 Å². The lowest BCUT2D eigenvalue weighted by Crippen LogP contribution is -2.67.